The van der Waals surface area contributed by atoms with Crippen LogP contribution in [-0.2, 0) is 0 Å². The molecule has 0 unspecified atom stereocenters. The van der Waals surface area contributed by atoms with E-state index in [-0.39, 0.29) is 12.3 Å². The third-order valence-electron chi connectivity index (χ3n) is 1.43. The van der Waals surface area contributed by atoms with Crippen LogP contribution in [0, 0.1) is 0 Å². The SMILES string of the molecule is NCC(=O)c1ccc(Br)c(Cl)c1. The van der Waals surface area contributed by atoms with Crippen LogP contribution in [0.1, 0.15) is 10.4 Å². The van der Waals surface area contributed by atoms with E-state index in [1.807, 2.05) is 0 Å². The molecule has 0 bridgehead atoms. The van der Waals surface area contributed by atoms with E-state index < -0.39 is 0 Å². The van der Waals surface area contributed by atoms with Crippen molar-refractivity contribution in [1.29, 1.82) is 0 Å². The summed E-state index contributed by atoms with van der Waals surface area (Å²) in [5.41, 5.74) is 5.73. The molecule has 0 aliphatic rings. The van der Waals surface area contributed by atoms with Crippen molar-refractivity contribution in [3.05, 3.63) is 33.3 Å². The van der Waals surface area contributed by atoms with Gasteiger partial charge in [-0.2, -0.15) is 0 Å². The number of halogens is 2. The Kier molecular flexibility index (Phi) is 3.26. The molecule has 12 heavy (non-hydrogen) atoms. The lowest BCUT2D eigenvalue weighted by atomic mass is 10.1. The number of ketones is 1. The second kappa shape index (κ2) is 4.03. The first-order valence-corrected chi connectivity index (χ1v) is 4.50. The minimum Gasteiger partial charge on any atom is -0.324 e. The highest BCUT2D eigenvalue weighted by atomic mass is 79.9. The predicted molar refractivity (Wildman–Crippen MR) is 52.5 cm³/mol. The normalized spacial score (nSPS) is 9.92. The lowest BCUT2D eigenvalue weighted by Gasteiger charge is -1.99. The van der Waals surface area contributed by atoms with Crippen molar-refractivity contribution >= 4 is 33.3 Å². The molecule has 2 N–H and O–H groups in total. The summed E-state index contributed by atoms with van der Waals surface area (Å²) in [6.07, 6.45) is 0. The van der Waals surface area contributed by atoms with Crippen molar-refractivity contribution in [3.63, 3.8) is 0 Å². The number of Topliss-reactive ketones (excluding diaryl/α,β-unsaturated/α-hetero) is 1. The smallest absolute Gasteiger partial charge is 0.176 e. The molecule has 2 nitrogen and oxygen atoms in total. The van der Waals surface area contributed by atoms with E-state index in [2.05, 4.69) is 15.9 Å². The topological polar surface area (TPSA) is 43.1 Å². The highest BCUT2D eigenvalue weighted by molar-refractivity contribution is 9.10. The number of hydrogen-bond acceptors (Lipinski definition) is 2. The third-order valence-corrected chi connectivity index (χ3v) is 2.66. The summed E-state index contributed by atoms with van der Waals surface area (Å²) in [6, 6.07) is 5.01. The third kappa shape index (κ3) is 2.06. The molecule has 0 saturated carbocycles. The first kappa shape index (κ1) is 9.71. The average molecular weight is 249 g/mol. The second-order valence-corrected chi connectivity index (χ2v) is 3.52. The number of carbonyl (C=O) groups excluding carboxylic acids is 1. The monoisotopic (exact) mass is 247 g/mol. The minimum absolute atomic E-state index is 0.0119. The van der Waals surface area contributed by atoms with Crippen molar-refractivity contribution in [3.8, 4) is 0 Å². The maximum absolute atomic E-state index is 11.1. The molecule has 1 aromatic carbocycles. The molecule has 0 aliphatic carbocycles. The van der Waals surface area contributed by atoms with E-state index in [1.165, 1.54) is 0 Å². The molecule has 1 rings (SSSR count). The first-order valence-electron chi connectivity index (χ1n) is 3.33. The van der Waals surface area contributed by atoms with Crippen LogP contribution in [0.2, 0.25) is 5.02 Å². The van der Waals surface area contributed by atoms with E-state index in [9.17, 15) is 4.79 Å². The first-order chi connectivity index (χ1) is 5.65. The van der Waals surface area contributed by atoms with Crippen LogP contribution in [0.4, 0.5) is 0 Å². The fourth-order valence-corrected chi connectivity index (χ4v) is 1.21. The van der Waals surface area contributed by atoms with E-state index in [1.54, 1.807) is 18.2 Å². The largest absolute Gasteiger partial charge is 0.324 e. The van der Waals surface area contributed by atoms with Gasteiger partial charge in [0.2, 0.25) is 0 Å². The van der Waals surface area contributed by atoms with E-state index in [4.69, 9.17) is 17.3 Å². The Balaban J connectivity index is 3.05. The van der Waals surface area contributed by atoms with Gasteiger partial charge in [0, 0.05) is 10.0 Å². The molecule has 0 radical (unpaired) electrons. The second-order valence-electron chi connectivity index (χ2n) is 2.26. The van der Waals surface area contributed by atoms with Gasteiger partial charge in [-0.1, -0.05) is 17.7 Å². The van der Waals surface area contributed by atoms with Crippen LogP contribution in [0.5, 0.6) is 0 Å². The molecule has 0 aliphatic heterocycles. The summed E-state index contributed by atoms with van der Waals surface area (Å²) in [5, 5.41) is 0.523. The molecular formula is C8H7BrClNO. The van der Waals surface area contributed by atoms with Crippen LogP contribution in [0.3, 0.4) is 0 Å². The lowest BCUT2D eigenvalue weighted by molar-refractivity contribution is 0.100. The zero-order valence-electron chi connectivity index (χ0n) is 6.18. The van der Waals surface area contributed by atoms with Crippen molar-refractivity contribution in [2.45, 2.75) is 0 Å². The Hall–Kier alpha value is -0.380. The van der Waals surface area contributed by atoms with Gasteiger partial charge < -0.3 is 5.73 Å². The van der Waals surface area contributed by atoms with Crippen LogP contribution >= 0.6 is 27.5 Å². The van der Waals surface area contributed by atoms with Crippen molar-refractivity contribution in [2.24, 2.45) is 5.73 Å². The van der Waals surface area contributed by atoms with Gasteiger partial charge in [-0.3, -0.25) is 4.79 Å². The zero-order valence-corrected chi connectivity index (χ0v) is 8.52. The number of benzene rings is 1. The van der Waals surface area contributed by atoms with Gasteiger partial charge in [0.15, 0.2) is 5.78 Å². The Morgan fingerprint density at radius 3 is 2.75 bits per heavy atom. The fraction of sp³-hybridized carbons (Fsp3) is 0.125. The molecular weight excluding hydrogens is 241 g/mol. The summed E-state index contributed by atoms with van der Waals surface area (Å²) in [7, 11) is 0. The quantitative estimate of drug-likeness (QED) is 0.816. The average Bonchev–Trinajstić information content (AvgIpc) is 2.08. The van der Waals surface area contributed by atoms with Gasteiger partial charge in [-0.25, -0.2) is 0 Å². The molecule has 0 heterocycles. The summed E-state index contributed by atoms with van der Waals surface area (Å²) in [5.74, 6) is -0.107. The lowest BCUT2D eigenvalue weighted by Crippen LogP contribution is -2.13. The maximum atomic E-state index is 11.1. The minimum atomic E-state index is -0.107. The Morgan fingerprint density at radius 2 is 2.25 bits per heavy atom. The molecule has 0 spiro atoms. The van der Waals surface area contributed by atoms with Gasteiger partial charge >= 0.3 is 0 Å². The van der Waals surface area contributed by atoms with Crippen LogP contribution in [0.25, 0.3) is 0 Å². The van der Waals surface area contributed by atoms with Crippen LogP contribution in [-0.4, -0.2) is 12.3 Å². The molecule has 1 aromatic rings. The van der Waals surface area contributed by atoms with Crippen molar-refractivity contribution in [1.82, 2.24) is 0 Å². The number of rotatable bonds is 2. The molecule has 4 heteroatoms. The van der Waals surface area contributed by atoms with E-state index in [0.29, 0.717) is 10.6 Å². The molecule has 64 valence electrons. The predicted octanol–water partition coefficient (Wildman–Crippen LogP) is 2.24. The van der Waals surface area contributed by atoms with E-state index in [0.717, 1.165) is 4.47 Å². The standard InChI is InChI=1S/C8H7BrClNO/c9-6-2-1-5(3-7(6)10)8(12)4-11/h1-3H,4,11H2. The fourth-order valence-electron chi connectivity index (χ4n) is 0.787. The number of carbonyl (C=O) groups is 1. The Morgan fingerprint density at radius 1 is 1.58 bits per heavy atom. The van der Waals surface area contributed by atoms with Gasteiger partial charge in [0.25, 0.3) is 0 Å². The van der Waals surface area contributed by atoms with Gasteiger partial charge in [-0.15, -0.1) is 0 Å². The van der Waals surface area contributed by atoms with E-state index >= 15 is 0 Å². The van der Waals surface area contributed by atoms with Crippen LogP contribution < -0.4 is 5.73 Å². The maximum Gasteiger partial charge on any atom is 0.176 e. The van der Waals surface area contributed by atoms with Gasteiger partial charge in [-0.05, 0) is 28.1 Å². The molecule has 0 fully saturated rings. The molecule has 0 saturated heterocycles. The van der Waals surface area contributed by atoms with Crippen molar-refractivity contribution < 1.29 is 4.79 Å². The Labute approximate surface area is 83.8 Å². The summed E-state index contributed by atoms with van der Waals surface area (Å²) in [4.78, 5) is 11.1. The Bertz CT molecular complexity index is 314. The summed E-state index contributed by atoms with van der Waals surface area (Å²) >= 11 is 9.00. The van der Waals surface area contributed by atoms with Crippen molar-refractivity contribution in [2.75, 3.05) is 6.54 Å². The molecule has 0 atom stereocenters. The zero-order chi connectivity index (χ0) is 9.14. The molecule has 0 aromatic heterocycles. The number of nitrogens with two attached hydrogens (primary N) is 1. The van der Waals surface area contributed by atoms with Crippen LogP contribution in [0.15, 0.2) is 22.7 Å². The highest BCUT2D eigenvalue weighted by Gasteiger charge is 2.04. The molecule has 0 amide bonds. The summed E-state index contributed by atoms with van der Waals surface area (Å²) < 4.78 is 0.776. The van der Waals surface area contributed by atoms with Gasteiger partial charge in [0.05, 0.1) is 11.6 Å². The highest BCUT2D eigenvalue weighted by Crippen LogP contribution is 2.23. The van der Waals surface area contributed by atoms with Gasteiger partial charge in [0.1, 0.15) is 0 Å². The summed E-state index contributed by atoms with van der Waals surface area (Å²) in [6.45, 7) is 0.0119. The number of hydrogen-bond donors (Lipinski definition) is 1.